The van der Waals surface area contributed by atoms with Gasteiger partial charge in [0.25, 0.3) is 0 Å². The number of hydrogen-bond donors (Lipinski definition) is 3. The zero-order valence-electron chi connectivity index (χ0n) is 11.4. The maximum absolute atomic E-state index is 11.9. The molecule has 0 saturated carbocycles. The van der Waals surface area contributed by atoms with Crippen molar-refractivity contribution >= 4 is 27.5 Å². The lowest BCUT2D eigenvalue weighted by molar-refractivity contribution is -0.116. The molecule has 110 valence electrons. The zero-order valence-corrected chi connectivity index (χ0v) is 13.0. The predicted octanol–water partition coefficient (Wildman–Crippen LogP) is 3.57. The number of halogens is 1. The van der Waals surface area contributed by atoms with Gasteiger partial charge in [-0.1, -0.05) is 46.3 Å². The molecule has 4 nitrogen and oxygen atoms in total. The maximum Gasteiger partial charge on any atom is 0.224 e. The molecule has 0 saturated heterocycles. The van der Waals surface area contributed by atoms with Crippen LogP contribution >= 0.6 is 15.9 Å². The van der Waals surface area contributed by atoms with Crippen LogP contribution < -0.4 is 11.1 Å². The van der Waals surface area contributed by atoms with Gasteiger partial charge in [-0.05, 0) is 30.2 Å². The summed E-state index contributed by atoms with van der Waals surface area (Å²) in [5.74, 6) is -0.131. The van der Waals surface area contributed by atoms with Crippen LogP contribution in [0.25, 0.3) is 0 Å². The highest BCUT2D eigenvalue weighted by Gasteiger charge is 2.11. The summed E-state index contributed by atoms with van der Waals surface area (Å²) in [6.45, 7) is 0. The van der Waals surface area contributed by atoms with E-state index in [0.29, 0.717) is 18.5 Å². The number of phenols is 1. The molecule has 0 spiro atoms. The molecule has 0 aliphatic carbocycles. The Labute approximate surface area is 132 Å². The van der Waals surface area contributed by atoms with Crippen molar-refractivity contribution in [1.82, 2.24) is 0 Å². The van der Waals surface area contributed by atoms with Crippen molar-refractivity contribution in [3.63, 3.8) is 0 Å². The van der Waals surface area contributed by atoms with E-state index < -0.39 is 0 Å². The Kier molecular flexibility index (Phi) is 5.36. The third-order valence-electron chi connectivity index (χ3n) is 3.14. The van der Waals surface area contributed by atoms with E-state index in [1.54, 1.807) is 12.1 Å². The van der Waals surface area contributed by atoms with Gasteiger partial charge in [0.2, 0.25) is 5.91 Å². The molecule has 2 aromatic rings. The lowest BCUT2D eigenvalue weighted by Gasteiger charge is -2.12. The van der Waals surface area contributed by atoms with E-state index in [1.807, 2.05) is 30.3 Å². The van der Waals surface area contributed by atoms with Gasteiger partial charge in [-0.15, -0.1) is 0 Å². The van der Waals surface area contributed by atoms with Crippen LogP contribution in [0, 0.1) is 0 Å². The first-order valence-corrected chi connectivity index (χ1v) is 7.44. The average molecular weight is 349 g/mol. The molecule has 4 N–H and O–H groups in total. The minimum atomic E-state index is -0.173. The van der Waals surface area contributed by atoms with Gasteiger partial charge in [-0.2, -0.15) is 0 Å². The van der Waals surface area contributed by atoms with Gasteiger partial charge in [0, 0.05) is 16.9 Å². The summed E-state index contributed by atoms with van der Waals surface area (Å²) in [5.41, 5.74) is 7.45. The molecule has 0 fully saturated rings. The molecule has 1 amide bonds. The number of benzene rings is 2. The van der Waals surface area contributed by atoms with Crippen LogP contribution in [-0.2, 0) is 4.79 Å². The zero-order chi connectivity index (χ0) is 15.2. The SMILES string of the molecule is NC(CCC(=O)Nc1cc(Br)ccc1O)c1ccccc1. The highest BCUT2D eigenvalue weighted by molar-refractivity contribution is 9.10. The minimum absolute atomic E-state index is 0.0407. The van der Waals surface area contributed by atoms with Gasteiger partial charge in [-0.25, -0.2) is 0 Å². The number of carbonyl (C=O) groups is 1. The van der Waals surface area contributed by atoms with Crippen LogP contribution in [0.4, 0.5) is 5.69 Å². The van der Waals surface area contributed by atoms with Crippen LogP contribution in [0.2, 0.25) is 0 Å². The summed E-state index contributed by atoms with van der Waals surface area (Å²) in [6, 6.07) is 14.4. The fourth-order valence-corrected chi connectivity index (χ4v) is 2.34. The van der Waals surface area contributed by atoms with E-state index in [-0.39, 0.29) is 17.7 Å². The monoisotopic (exact) mass is 348 g/mol. The van der Waals surface area contributed by atoms with Crippen molar-refractivity contribution in [3.05, 3.63) is 58.6 Å². The Morgan fingerprint density at radius 3 is 2.67 bits per heavy atom. The third-order valence-corrected chi connectivity index (χ3v) is 3.64. The van der Waals surface area contributed by atoms with Crippen LogP contribution in [0.1, 0.15) is 24.4 Å². The number of hydrogen-bond acceptors (Lipinski definition) is 3. The fraction of sp³-hybridized carbons (Fsp3) is 0.188. The number of phenolic OH excluding ortho intramolecular Hbond substituents is 1. The lowest BCUT2D eigenvalue weighted by atomic mass is 10.0. The van der Waals surface area contributed by atoms with E-state index in [4.69, 9.17) is 5.73 Å². The molecule has 0 aliphatic heterocycles. The molecular formula is C16H17BrN2O2. The number of nitrogens with one attached hydrogen (secondary N) is 1. The highest BCUT2D eigenvalue weighted by Crippen LogP contribution is 2.27. The van der Waals surface area contributed by atoms with Crippen molar-refractivity contribution in [2.24, 2.45) is 5.73 Å². The maximum atomic E-state index is 11.9. The summed E-state index contributed by atoms with van der Waals surface area (Å²) < 4.78 is 0.789. The summed E-state index contributed by atoms with van der Waals surface area (Å²) >= 11 is 3.30. The summed E-state index contributed by atoms with van der Waals surface area (Å²) in [5, 5.41) is 12.4. The third kappa shape index (κ3) is 4.58. The van der Waals surface area contributed by atoms with Crippen molar-refractivity contribution in [3.8, 4) is 5.75 Å². The molecule has 0 aliphatic rings. The molecule has 21 heavy (non-hydrogen) atoms. The van der Waals surface area contributed by atoms with Gasteiger partial charge >= 0.3 is 0 Å². The number of carbonyl (C=O) groups excluding carboxylic acids is 1. The standard InChI is InChI=1S/C16H17BrN2O2/c17-12-6-8-15(20)14(10-12)19-16(21)9-7-13(18)11-4-2-1-3-5-11/h1-6,8,10,13,20H,7,9,18H2,(H,19,21). The van der Waals surface area contributed by atoms with E-state index >= 15 is 0 Å². The van der Waals surface area contributed by atoms with Gasteiger partial charge < -0.3 is 16.2 Å². The first kappa shape index (κ1) is 15.5. The molecule has 1 atom stereocenters. The largest absolute Gasteiger partial charge is 0.506 e. The van der Waals surface area contributed by atoms with Crippen molar-refractivity contribution in [2.45, 2.75) is 18.9 Å². The molecule has 0 bridgehead atoms. The van der Waals surface area contributed by atoms with Crippen molar-refractivity contribution < 1.29 is 9.90 Å². The molecule has 0 aromatic heterocycles. The number of nitrogens with two attached hydrogens (primary N) is 1. The highest BCUT2D eigenvalue weighted by atomic mass is 79.9. The van der Waals surface area contributed by atoms with Crippen LogP contribution in [0.5, 0.6) is 5.75 Å². The Bertz CT molecular complexity index is 617. The van der Waals surface area contributed by atoms with E-state index in [0.717, 1.165) is 10.0 Å². The van der Waals surface area contributed by atoms with E-state index in [9.17, 15) is 9.90 Å². The number of amides is 1. The molecule has 0 heterocycles. The molecule has 2 aromatic carbocycles. The van der Waals surface area contributed by atoms with Crippen molar-refractivity contribution in [2.75, 3.05) is 5.32 Å². The second-order valence-electron chi connectivity index (χ2n) is 4.77. The normalized spacial score (nSPS) is 11.9. The Hall–Kier alpha value is -1.85. The number of anilines is 1. The Balaban J connectivity index is 1.89. The minimum Gasteiger partial charge on any atom is -0.506 e. The fourth-order valence-electron chi connectivity index (χ4n) is 1.97. The van der Waals surface area contributed by atoms with Gasteiger partial charge in [0.05, 0.1) is 5.69 Å². The smallest absolute Gasteiger partial charge is 0.224 e. The topological polar surface area (TPSA) is 75.4 Å². The van der Waals surface area contributed by atoms with Crippen LogP contribution in [0.15, 0.2) is 53.0 Å². The van der Waals surface area contributed by atoms with Gasteiger partial charge in [0.15, 0.2) is 0 Å². The molecular weight excluding hydrogens is 332 g/mol. The summed E-state index contributed by atoms with van der Waals surface area (Å²) in [6.07, 6.45) is 0.840. The molecule has 1 unspecified atom stereocenters. The first-order chi connectivity index (χ1) is 10.1. The van der Waals surface area contributed by atoms with Crippen molar-refractivity contribution in [1.29, 1.82) is 0 Å². The molecule has 0 radical (unpaired) electrons. The van der Waals surface area contributed by atoms with Gasteiger partial charge in [0.1, 0.15) is 5.75 Å². The van der Waals surface area contributed by atoms with Gasteiger partial charge in [-0.3, -0.25) is 4.79 Å². The second kappa shape index (κ2) is 7.24. The molecule has 2 rings (SSSR count). The lowest BCUT2D eigenvalue weighted by Crippen LogP contribution is -2.16. The predicted molar refractivity (Wildman–Crippen MR) is 87.0 cm³/mol. The summed E-state index contributed by atoms with van der Waals surface area (Å²) in [7, 11) is 0. The van der Waals surface area contributed by atoms with Crippen LogP contribution in [-0.4, -0.2) is 11.0 Å². The first-order valence-electron chi connectivity index (χ1n) is 6.65. The number of aromatic hydroxyl groups is 1. The quantitative estimate of drug-likeness (QED) is 0.723. The number of rotatable bonds is 5. The summed E-state index contributed by atoms with van der Waals surface area (Å²) in [4.78, 5) is 11.9. The Morgan fingerprint density at radius 1 is 1.24 bits per heavy atom. The average Bonchev–Trinajstić information content (AvgIpc) is 2.49. The Morgan fingerprint density at radius 2 is 1.95 bits per heavy atom. The second-order valence-corrected chi connectivity index (χ2v) is 5.68. The molecule has 5 heteroatoms. The van der Waals surface area contributed by atoms with E-state index in [1.165, 1.54) is 6.07 Å². The van der Waals surface area contributed by atoms with E-state index in [2.05, 4.69) is 21.2 Å². The van der Waals surface area contributed by atoms with Crippen LogP contribution in [0.3, 0.4) is 0 Å².